The Labute approximate surface area is 149 Å². The van der Waals surface area contributed by atoms with E-state index in [1.807, 2.05) is 44.2 Å². The lowest BCUT2D eigenvalue weighted by atomic mass is 10.1. The molecule has 1 aliphatic rings. The van der Waals surface area contributed by atoms with Gasteiger partial charge in [0.2, 0.25) is 10.0 Å². The minimum Gasteiger partial charge on any atom is -0.361 e. The van der Waals surface area contributed by atoms with Crippen LogP contribution >= 0.6 is 0 Å². The third-order valence-electron chi connectivity index (χ3n) is 4.60. The van der Waals surface area contributed by atoms with Crippen LogP contribution in [0.3, 0.4) is 0 Å². The van der Waals surface area contributed by atoms with Crippen LogP contribution in [0.15, 0.2) is 34.9 Å². The highest BCUT2D eigenvalue weighted by atomic mass is 32.2. The number of sulfonamides is 1. The van der Waals surface area contributed by atoms with E-state index in [-0.39, 0.29) is 5.75 Å². The SMILES string of the molecule is Cc1cc(CN2CCCN(S(=O)(=O)Cc3ccccc3C)CC2)no1. The standard InChI is InChI=1S/C18H25N3O3S/c1-15-6-3-4-7-17(15)14-25(22,23)21-9-5-8-20(10-11-21)13-18-12-16(2)24-19-18/h3-4,6-7,12H,5,8-11,13-14H2,1-2H3. The molecule has 136 valence electrons. The number of benzene rings is 1. The summed E-state index contributed by atoms with van der Waals surface area (Å²) >= 11 is 0. The zero-order chi connectivity index (χ0) is 17.9. The summed E-state index contributed by atoms with van der Waals surface area (Å²) in [4.78, 5) is 2.24. The van der Waals surface area contributed by atoms with Crippen molar-refractivity contribution < 1.29 is 12.9 Å². The fourth-order valence-electron chi connectivity index (χ4n) is 3.16. The average molecular weight is 363 g/mol. The molecule has 0 bridgehead atoms. The summed E-state index contributed by atoms with van der Waals surface area (Å²) in [6.45, 7) is 7.19. The molecule has 0 atom stereocenters. The number of hydrogen-bond acceptors (Lipinski definition) is 5. The van der Waals surface area contributed by atoms with Crippen LogP contribution in [0.5, 0.6) is 0 Å². The minimum absolute atomic E-state index is 0.0716. The second-order valence-electron chi connectivity index (χ2n) is 6.64. The molecule has 0 saturated carbocycles. The first-order valence-electron chi connectivity index (χ1n) is 8.61. The number of aromatic nitrogens is 1. The summed E-state index contributed by atoms with van der Waals surface area (Å²) in [6.07, 6.45) is 0.823. The molecule has 6 nitrogen and oxygen atoms in total. The van der Waals surface area contributed by atoms with Gasteiger partial charge in [-0.2, -0.15) is 0 Å². The molecule has 1 fully saturated rings. The first kappa shape index (κ1) is 18.1. The molecule has 1 aliphatic heterocycles. The van der Waals surface area contributed by atoms with Gasteiger partial charge in [0.15, 0.2) is 0 Å². The normalized spacial score (nSPS) is 17.5. The van der Waals surface area contributed by atoms with Crippen molar-refractivity contribution in [2.45, 2.75) is 32.6 Å². The largest absolute Gasteiger partial charge is 0.361 e. The lowest BCUT2D eigenvalue weighted by Gasteiger charge is -2.21. The molecule has 0 spiro atoms. The van der Waals surface area contributed by atoms with E-state index in [0.717, 1.165) is 35.5 Å². The third-order valence-corrected chi connectivity index (χ3v) is 6.43. The molecular weight excluding hydrogens is 338 g/mol. The summed E-state index contributed by atoms with van der Waals surface area (Å²) in [5.41, 5.74) is 2.79. The molecule has 1 aromatic carbocycles. The van der Waals surface area contributed by atoms with Gasteiger partial charge >= 0.3 is 0 Å². The Morgan fingerprint density at radius 3 is 2.64 bits per heavy atom. The maximum absolute atomic E-state index is 12.8. The second-order valence-corrected chi connectivity index (χ2v) is 8.61. The average Bonchev–Trinajstić information content (AvgIpc) is 2.82. The van der Waals surface area contributed by atoms with Crippen LogP contribution in [-0.4, -0.2) is 49.0 Å². The molecule has 7 heteroatoms. The van der Waals surface area contributed by atoms with Crippen LogP contribution in [-0.2, 0) is 22.3 Å². The molecule has 1 aromatic heterocycles. The van der Waals surface area contributed by atoms with Crippen molar-refractivity contribution in [3.05, 3.63) is 52.9 Å². The van der Waals surface area contributed by atoms with Gasteiger partial charge in [-0.05, 0) is 37.9 Å². The highest BCUT2D eigenvalue weighted by Crippen LogP contribution is 2.17. The number of aryl methyl sites for hydroxylation is 2. The lowest BCUT2D eigenvalue weighted by Crippen LogP contribution is -2.36. The molecule has 0 radical (unpaired) electrons. The van der Waals surface area contributed by atoms with Crippen molar-refractivity contribution >= 4 is 10.0 Å². The molecule has 1 saturated heterocycles. The van der Waals surface area contributed by atoms with Crippen LogP contribution in [0.1, 0.15) is 29.0 Å². The maximum atomic E-state index is 12.8. The number of hydrogen-bond donors (Lipinski definition) is 0. The van der Waals surface area contributed by atoms with Crippen LogP contribution in [0.4, 0.5) is 0 Å². The van der Waals surface area contributed by atoms with Gasteiger partial charge in [0.05, 0.1) is 11.4 Å². The fraction of sp³-hybridized carbons (Fsp3) is 0.500. The Kier molecular flexibility index (Phi) is 5.56. The first-order chi connectivity index (χ1) is 11.9. The summed E-state index contributed by atoms with van der Waals surface area (Å²) in [7, 11) is -3.30. The van der Waals surface area contributed by atoms with Gasteiger partial charge in [0.25, 0.3) is 0 Å². The monoisotopic (exact) mass is 363 g/mol. The number of rotatable bonds is 5. The Balaban J connectivity index is 1.62. The van der Waals surface area contributed by atoms with Gasteiger partial charge in [0.1, 0.15) is 5.76 Å². The Hall–Kier alpha value is -1.70. The number of nitrogens with zero attached hydrogens (tertiary/aromatic N) is 3. The van der Waals surface area contributed by atoms with Crippen LogP contribution in [0.25, 0.3) is 0 Å². The van der Waals surface area contributed by atoms with E-state index in [1.54, 1.807) is 4.31 Å². The Morgan fingerprint density at radius 2 is 1.92 bits per heavy atom. The van der Waals surface area contributed by atoms with Gasteiger partial charge in [-0.3, -0.25) is 4.90 Å². The molecule has 2 heterocycles. The summed E-state index contributed by atoms with van der Waals surface area (Å²) in [5, 5.41) is 4.03. The summed E-state index contributed by atoms with van der Waals surface area (Å²) in [6, 6.07) is 9.60. The Morgan fingerprint density at radius 1 is 1.12 bits per heavy atom. The van der Waals surface area contributed by atoms with E-state index in [4.69, 9.17) is 4.52 Å². The molecule has 0 N–H and O–H groups in total. The zero-order valence-electron chi connectivity index (χ0n) is 14.8. The van der Waals surface area contributed by atoms with Crippen molar-refractivity contribution in [1.29, 1.82) is 0 Å². The smallest absolute Gasteiger partial charge is 0.218 e. The molecule has 0 aliphatic carbocycles. The highest BCUT2D eigenvalue weighted by molar-refractivity contribution is 7.88. The molecule has 25 heavy (non-hydrogen) atoms. The van der Waals surface area contributed by atoms with E-state index in [0.29, 0.717) is 26.2 Å². The molecular formula is C18H25N3O3S. The van der Waals surface area contributed by atoms with Crippen LogP contribution in [0.2, 0.25) is 0 Å². The van der Waals surface area contributed by atoms with Gasteiger partial charge < -0.3 is 4.52 Å². The third kappa shape index (κ3) is 4.68. The minimum atomic E-state index is -3.30. The van der Waals surface area contributed by atoms with Gasteiger partial charge in [-0.1, -0.05) is 29.4 Å². The predicted molar refractivity (Wildman–Crippen MR) is 96.5 cm³/mol. The van der Waals surface area contributed by atoms with Gasteiger partial charge in [0, 0.05) is 32.2 Å². The van der Waals surface area contributed by atoms with Crippen LogP contribution in [0, 0.1) is 13.8 Å². The first-order valence-corrected chi connectivity index (χ1v) is 10.2. The van der Waals surface area contributed by atoms with E-state index in [1.165, 1.54) is 0 Å². The van der Waals surface area contributed by atoms with Crippen molar-refractivity contribution in [1.82, 2.24) is 14.4 Å². The quantitative estimate of drug-likeness (QED) is 0.816. The van der Waals surface area contributed by atoms with E-state index < -0.39 is 10.0 Å². The summed E-state index contributed by atoms with van der Waals surface area (Å²) < 4.78 is 32.4. The zero-order valence-corrected chi connectivity index (χ0v) is 15.6. The Bertz CT molecular complexity index is 816. The molecule has 0 amide bonds. The van der Waals surface area contributed by atoms with E-state index >= 15 is 0 Å². The van der Waals surface area contributed by atoms with E-state index in [9.17, 15) is 8.42 Å². The topological polar surface area (TPSA) is 66.7 Å². The van der Waals surface area contributed by atoms with Crippen molar-refractivity contribution in [2.24, 2.45) is 0 Å². The van der Waals surface area contributed by atoms with Gasteiger partial charge in [-0.25, -0.2) is 12.7 Å². The van der Waals surface area contributed by atoms with Crippen LogP contribution < -0.4 is 0 Å². The van der Waals surface area contributed by atoms with Crippen molar-refractivity contribution in [3.8, 4) is 0 Å². The molecule has 2 aromatic rings. The summed E-state index contributed by atoms with van der Waals surface area (Å²) in [5.74, 6) is 0.870. The highest BCUT2D eigenvalue weighted by Gasteiger charge is 2.26. The predicted octanol–water partition coefficient (Wildman–Crippen LogP) is 2.33. The molecule has 0 unspecified atom stereocenters. The molecule has 3 rings (SSSR count). The van der Waals surface area contributed by atoms with Crippen molar-refractivity contribution in [2.75, 3.05) is 26.2 Å². The fourth-order valence-corrected chi connectivity index (χ4v) is 4.83. The second kappa shape index (κ2) is 7.68. The van der Waals surface area contributed by atoms with E-state index in [2.05, 4.69) is 10.1 Å². The van der Waals surface area contributed by atoms with Gasteiger partial charge in [-0.15, -0.1) is 0 Å². The van der Waals surface area contributed by atoms with Crippen molar-refractivity contribution in [3.63, 3.8) is 0 Å². The maximum Gasteiger partial charge on any atom is 0.218 e. The lowest BCUT2D eigenvalue weighted by molar-refractivity contribution is 0.268.